The van der Waals surface area contributed by atoms with Crippen molar-refractivity contribution in [2.75, 3.05) is 9.80 Å². The summed E-state index contributed by atoms with van der Waals surface area (Å²) < 4.78 is 2.61. The van der Waals surface area contributed by atoms with Gasteiger partial charge >= 0.3 is 0 Å². The second-order valence-corrected chi connectivity index (χ2v) is 16.2. The Kier molecular flexibility index (Phi) is 5.90. The van der Waals surface area contributed by atoms with Crippen LogP contribution in [0.2, 0.25) is 0 Å². The summed E-state index contributed by atoms with van der Waals surface area (Å²) in [5.41, 5.74) is 9.83. The molecule has 3 heteroatoms. The molecule has 4 aliphatic carbocycles. The van der Waals surface area contributed by atoms with Gasteiger partial charge in [-0.1, -0.05) is 72.8 Å². The molecule has 4 aliphatic rings. The molecule has 4 fully saturated rings. The maximum Gasteiger partial charge on any atom is 0.0476 e. The van der Waals surface area contributed by atoms with Crippen molar-refractivity contribution < 1.29 is 0 Å². The van der Waals surface area contributed by atoms with Gasteiger partial charge in [-0.05, 0) is 140 Å². The van der Waals surface area contributed by atoms with Crippen molar-refractivity contribution in [1.82, 2.24) is 0 Å². The van der Waals surface area contributed by atoms with E-state index in [4.69, 9.17) is 0 Å². The van der Waals surface area contributed by atoms with E-state index in [1.165, 1.54) is 75.0 Å². The standard InChI is InChI=1S/C46H38N2S/c1-4-10-35(11-5-1)47(36-12-6-2-7-13-36)40-20-22-41-42-26-39(21-23-43(42)49-44(41)27-40)48(37-14-8-3-9-15-37)38-18-16-32(17-19-38)45-29-33-24-31-25-34(30-45)46(33,45)28-31/h1-23,26-27,31,33-34H,24-25,28-30H2. The third kappa shape index (κ3) is 3.88. The minimum absolute atomic E-state index is 0.466. The van der Waals surface area contributed by atoms with Gasteiger partial charge in [-0.15, -0.1) is 11.3 Å². The Morgan fingerprint density at radius 3 is 1.53 bits per heavy atom. The molecule has 2 unspecified atom stereocenters. The maximum atomic E-state index is 2.49. The summed E-state index contributed by atoms with van der Waals surface area (Å²) in [4.78, 5) is 4.79. The van der Waals surface area contributed by atoms with Crippen LogP contribution in [-0.2, 0) is 5.41 Å². The summed E-state index contributed by atoms with van der Waals surface area (Å²) >= 11 is 1.88. The molecule has 6 aromatic carbocycles. The van der Waals surface area contributed by atoms with E-state index >= 15 is 0 Å². The third-order valence-electron chi connectivity index (χ3n) is 13.1. The molecule has 0 aliphatic heterocycles. The van der Waals surface area contributed by atoms with Crippen LogP contribution in [0.5, 0.6) is 0 Å². The van der Waals surface area contributed by atoms with Crippen LogP contribution in [0.15, 0.2) is 152 Å². The van der Waals surface area contributed by atoms with Crippen LogP contribution in [-0.4, -0.2) is 0 Å². The lowest BCUT2D eigenvalue weighted by Crippen LogP contribution is -2.70. The van der Waals surface area contributed by atoms with Crippen molar-refractivity contribution >= 4 is 65.6 Å². The first-order valence-corrected chi connectivity index (χ1v) is 18.8. The Morgan fingerprint density at radius 2 is 0.959 bits per heavy atom. The largest absolute Gasteiger partial charge is 0.310 e. The first kappa shape index (κ1) is 28.0. The summed E-state index contributed by atoms with van der Waals surface area (Å²) in [6.07, 6.45) is 7.39. The van der Waals surface area contributed by atoms with Gasteiger partial charge in [-0.2, -0.15) is 0 Å². The Morgan fingerprint density at radius 1 is 0.449 bits per heavy atom. The van der Waals surface area contributed by atoms with E-state index in [1.807, 2.05) is 11.3 Å². The second-order valence-electron chi connectivity index (χ2n) is 15.2. The number of fused-ring (bicyclic) bond motifs is 4. The molecule has 0 amide bonds. The first-order chi connectivity index (χ1) is 24.2. The quantitative estimate of drug-likeness (QED) is 0.169. The van der Waals surface area contributed by atoms with E-state index in [-0.39, 0.29) is 0 Å². The van der Waals surface area contributed by atoms with Gasteiger partial charge in [0.15, 0.2) is 0 Å². The van der Waals surface area contributed by atoms with Gasteiger partial charge < -0.3 is 9.80 Å². The lowest BCUT2D eigenvalue weighted by atomic mass is 9.29. The van der Waals surface area contributed by atoms with Gasteiger partial charge in [0.05, 0.1) is 0 Å². The van der Waals surface area contributed by atoms with Crippen LogP contribution in [0, 0.1) is 23.2 Å². The molecular formula is C46H38N2S. The molecule has 238 valence electrons. The molecule has 1 spiro atoms. The van der Waals surface area contributed by atoms with Crippen molar-refractivity contribution in [3.05, 3.63) is 157 Å². The van der Waals surface area contributed by atoms with Crippen LogP contribution in [0.3, 0.4) is 0 Å². The van der Waals surface area contributed by atoms with Crippen molar-refractivity contribution in [3.63, 3.8) is 0 Å². The molecule has 2 bridgehead atoms. The number of thiophene rings is 1. The molecule has 1 aromatic heterocycles. The Balaban J connectivity index is 0.981. The zero-order valence-corrected chi connectivity index (χ0v) is 28.3. The predicted octanol–water partition coefficient (Wildman–Crippen LogP) is 13.1. The highest BCUT2D eigenvalue weighted by atomic mass is 32.1. The van der Waals surface area contributed by atoms with E-state index in [0.717, 1.165) is 29.1 Å². The normalized spacial score (nSPS) is 25.9. The summed E-state index contributed by atoms with van der Waals surface area (Å²) in [7, 11) is 0. The predicted molar refractivity (Wildman–Crippen MR) is 206 cm³/mol. The molecule has 2 atom stereocenters. The minimum atomic E-state index is 0.466. The fourth-order valence-electron chi connectivity index (χ4n) is 11.3. The molecular weight excluding hydrogens is 613 g/mol. The van der Waals surface area contributed by atoms with Crippen molar-refractivity contribution in [2.24, 2.45) is 23.2 Å². The third-order valence-corrected chi connectivity index (χ3v) is 14.2. The average molecular weight is 651 g/mol. The lowest BCUT2D eigenvalue weighted by molar-refractivity contribution is -0.205. The first-order valence-electron chi connectivity index (χ1n) is 18.0. The van der Waals surface area contributed by atoms with Crippen molar-refractivity contribution in [1.29, 1.82) is 0 Å². The van der Waals surface area contributed by atoms with Gasteiger partial charge in [-0.25, -0.2) is 0 Å². The fraction of sp³-hybridized carbons (Fsp3) is 0.217. The summed E-state index contributed by atoms with van der Waals surface area (Å²) in [6, 6.07) is 56.0. The van der Waals surface area contributed by atoms with Crippen molar-refractivity contribution in [3.8, 4) is 0 Å². The Hall–Kier alpha value is -4.86. The number of benzene rings is 6. The number of anilines is 6. The Labute approximate surface area is 292 Å². The number of hydrogen-bond donors (Lipinski definition) is 0. The molecule has 1 heterocycles. The molecule has 2 nitrogen and oxygen atoms in total. The monoisotopic (exact) mass is 650 g/mol. The maximum absolute atomic E-state index is 2.49. The summed E-state index contributed by atoms with van der Waals surface area (Å²) in [5.74, 6) is 3.04. The zero-order chi connectivity index (χ0) is 32.2. The molecule has 4 saturated carbocycles. The van der Waals surface area contributed by atoms with E-state index in [2.05, 4.69) is 161 Å². The number of rotatable bonds is 7. The highest BCUT2D eigenvalue weighted by molar-refractivity contribution is 7.25. The number of para-hydroxylation sites is 3. The van der Waals surface area contributed by atoms with Gasteiger partial charge in [0.25, 0.3) is 0 Å². The summed E-state index contributed by atoms with van der Waals surface area (Å²) in [5, 5.41) is 2.61. The van der Waals surface area contributed by atoms with E-state index < -0.39 is 0 Å². The van der Waals surface area contributed by atoms with E-state index in [0.29, 0.717) is 10.8 Å². The molecule has 7 aromatic rings. The summed E-state index contributed by atoms with van der Waals surface area (Å²) in [6.45, 7) is 0. The topological polar surface area (TPSA) is 6.48 Å². The molecule has 11 rings (SSSR count). The van der Waals surface area contributed by atoms with E-state index in [9.17, 15) is 0 Å². The van der Waals surface area contributed by atoms with Gasteiger partial charge in [0, 0.05) is 59.7 Å². The number of hydrogen-bond acceptors (Lipinski definition) is 3. The molecule has 0 radical (unpaired) electrons. The van der Waals surface area contributed by atoms with Crippen molar-refractivity contribution in [2.45, 2.75) is 37.5 Å². The van der Waals surface area contributed by atoms with Gasteiger partial charge in [0.2, 0.25) is 0 Å². The fourth-order valence-corrected chi connectivity index (χ4v) is 12.4. The van der Waals surface area contributed by atoms with Crippen LogP contribution >= 0.6 is 11.3 Å². The average Bonchev–Trinajstić information content (AvgIpc) is 3.81. The van der Waals surface area contributed by atoms with Crippen LogP contribution in [0.4, 0.5) is 34.1 Å². The molecule has 49 heavy (non-hydrogen) atoms. The van der Waals surface area contributed by atoms with Crippen LogP contribution in [0.25, 0.3) is 20.2 Å². The van der Waals surface area contributed by atoms with Crippen LogP contribution < -0.4 is 9.80 Å². The Bertz CT molecular complexity index is 2290. The SMILES string of the molecule is c1ccc(N(c2ccccc2)c2ccc3c(c2)sc2ccc(N(c4ccccc4)c4ccc(C56CC7CC8CC(C5)C76C8)cc4)cc23)cc1. The zero-order valence-electron chi connectivity index (χ0n) is 27.5. The second kappa shape index (κ2) is 10.3. The smallest absolute Gasteiger partial charge is 0.0476 e. The van der Waals surface area contributed by atoms with Crippen LogP contribution in [0.1, 0.15) is 37.7 Å². The molecule has 0 saturated heterocycles. The molecule has 0 N–H and O–H groups in total. The minimum Gasteiger partial charge on any atom is -0.310 e. The van der Waals surface area contributed by atoms with Gasteiger partial charge in [-0.3, -0.25) is 0 Å². The number of nitrogens with zero attached hydrogens (tertiary/aromatic N) is 2. The van der Waals surface area contributed by atoms with E-state index in [1.54, 1.807) is 5.56 Å². The lowest BCUT2D eigenvalue weighted by Gasteiger charge is -2.75. The highest BCUT2D eigenvalue weighted by Gasteiger charge is 2.81. The highest BCUT2D eigenvalue weighted by Crippen LogP contribution is 2.86. The van der Waals surface area contributed by atoms with Gasteiger partial charge in [0.1, 0.15) is 0 Å².